The Kier molecular flexibility index (Phi) is 4.93. The number of hydrogen-bond donors (Lipinski definition) is 3. The van der Waals surface area contributed by atoms with Crippen molar-refractivity contribution >= 4 is 0 Å². The van der Waals surface area contributed by atoms with Crippen LogP contribution in [0.1, 0.15) is 29.2 Å². The van der Waals surface area contributed by atoms with Gasteiger partial charge in [-0.3, -0.25) is 0 Å². The van der Waals surface area contributed by atoms with Crippen molar-refractivity contribution in [2.45, 2.75) is 32.4 Å². The summed E-state index contributed by atoms with van der Waals surface area (Å²) >= 11 is 0. The lowest BCUT2D eigenvalue weighted by atomic mass is 9.94. The molecule has 0 aromatic heterocycles. The Labute approximate surface area is 103 Å². The van der Waals surface area contributed by atoms with Gasteiger partial charge in [0.1, 0.15) is 5.75 Å². The molecule has 0 fully saturated rings. The fraction of sp³-hybridized carbons (Fsp3) is 0.538. The van der Waals surface area contributed by atoms with E-state index in [4.69, 9.17) is 16.2 Å². The standard InChI is InChI=1S/C13H22N2O2/c1-8-7-12(17-3)9(2)6-10(8)13(16)11(15)4-5-14/h6-7,11,13,16H,4-5,14-15H2,1-3H3. The third kappa shape index (κ3) is 3.19. The van der Waals surface area contributed by atoms with Crippen molar-refractivity contribution in [3.8, 4) is 5.75 Å². The maximum atomic E-state index is 10.2. The molecule has 96 valence electrons. The number of benzene rings is 1. The SMILES string of the molecule is COc1cc(C)c(C(O)C(N)CCN)cc1C. The number of aryl methyl sites for hydroxylation is 2. The van der Waals surface area contributed by atoms with Gasteiger partial charge in [-0.15, -0.1) is 0 Å². The lowest BCUT2D eigenvalue weighted by molar-refractivity contribution is 0.142. The Morgan fingerprint density at radius 3 is 2.47 bits per heavy atom. The van der Waals surface area contributed by atoms with Crippen molar-refractivity contribution in [3.63, 3.8) is 0 Å². The van der Waals surface area contributed by atoms with E-state index in [1.165, 1.54) is 0 Å². The molecule has 17 heavy (non-hydrogen) atoms. The van der Waals surface area contributed by atoms with Crippen molar-refractivity contribution < 1.29 is 9.84 Å². The molecule has 0 aliphatic carbocycles. The van der Waals surface area contributed by atoms with E-state index in [9.17, 15) is 5.11 Å². The van der Waals surface area contributed by atoms with Crippen LogP contribution < -0.4 is 16.2 Å². The van der Waals surface area contributed by atoms with E-state index in [0.29, 0.717) is 13.0 Å². The van der Waals surface area contributed by atoms with Gasteiger partial charge in [-0.1, -0.05) is 0 Å². The first-order valence-electron chi connectivity index (χ1n) is 5.80. The van der Waals surface area contributed by atoms with E-state index in [-0.39, 0.29) is 6.04 Å². The predicted octanol–water partition coefficient (Wildman–Crippen LogP) is 1.02. The number of methoxy groups -OCH3 is 1. The van der Waals surface area contributed by atoms with Gasteiger partial charge < -0.3 is 21.3 Å². The monoisotopic (exact) mass is 238 g/mol. The summed E-state index contributed by atoms with van der Waals surface area (Å²) in [6.07, 6.45) is -0.0748. The molecule has 0 saturated heterocycles. The topological polar surface area (TPSA) is 81.5 Å². The van der Waals surface area contributed by atoms with Gasteiger partial charge in [-0.05, 0) is 55.6 Å². The van der Waals surface area contributed by atoms with Gasteiger partial charge in [-0.25, -0.2) is 0 Å². The van der Waals surface area contributed by atoms with Gasteiger partial charge in [0.15, 0.2) is 0 Å². The minimum Gasteiger partial charge on any atom is -0.496 e. The van der Waals surface area contributed by atoms with Crippen LogP contribution in [0.2, 0.25) is 0 Å². The lowest BCUT2D eigenvalue weighted by Crippen LogP contribution is -2.31. The molecule has 0 aliphatic rings. The average Bonchev–Trinajstić information content (AvgIpc) is 2.31. The Bertz CT molecular complexity index is 380. The molecule has 1 aromatic carbocycles. The summed E-state index contributed by atoms with van der Waals surface area (Å²) < 4.78 is 5.24. The minimum atomic E-state index is -0.678. The van der Waals surface area contributed by atoms with Gasteiger partial charge in [0, 0.05) is 6.04 Å². The fourth-order valence-electron chi connectivity index (χ4n) is 1.93. The van der Waals surface area contributed by atoms with Crippen LogP contribution in [0, 0.1) is 13.8 Å². The van der Waals surface area contributed by atoms with Crippen LogP contribution in [-0.4, -0.2) is 24.8 Å². The Morgan fingerprint density at radius 2 is 1.94 bits per heavy atom. The van der Waals surface area contributed by atoms with Crippen molar-refractivity contribution in [1.29, 1.82) is 0 Å². The number of rotatable bonds is 5. The van der Waals surface area contributed by atoms with Crippen molar-refractivity contribution in [2.24, 2.45) is 11.5 Å². The van der Waals surface area contributed by atoms with Crippen molar-refractivity contribution in [2.75, 3.05) is 13.7 Å². The highest BCUT2D eigenvalue weighted by molar-refractivity contribution is 5.42. The first-order valence-corrected chi connectivity index (χ1v) is 5.80. The third-order valence-electron chi connectivity index (χ3n) is 3.01. The number of aliphatic hydroxyl groups is 1. The molecule has 0 aliphatic heterocycles. The Morgan fingerprint density at radius 1 is 1.29 bits per heavy atom. The van der Waals surface area contributed by atoms with E-state index < -0.39 is 6.10 Å². The second-order valence-corrected chi connectivity index (χ2v) is 4.36. The van der Waals surface area contributed by atoms with E-state index in [1.807, 2.05) is 26.0 Å². The highest BCUT2D eigenvalue weighted by Gasteiger charge is 2.19. The van der Waals surface area contributed by atoms with E-state index in [0.717, 1.165) is 22.4 Å². The Balaban J connectivity index is 3.01. The molecule has 0 heterocycles. The fourth-order valence-corrected chi connectivity index (χ4v) is 1.93. The van der Waals surface area contributed by atoms with Crippen LogP contribution in [0.15, 0.2) is 12.1 Å². The summed E-state index contributed by atoms with van der Waals surface area (Å²) in [5.74, 6) is 0.825. The van der Waals surface area contributed by atoms with Crippen LogP contribution in [0.5, 0.6) is 5.75 Å². The molecule has 0 bridgehead atoms. The molecule has 4 nitrogen and oxygen atoms in total. The number of aliphatic hydroxyl groups excluding tert-OH is 1. The second-order valence-electron chi connectivity index (χ2n) is 4.36. The van der Waals surface area contributed by atoms with Crippen LogP contribution in [0.4, 0.5) is 0 Å². The summed E-state index contributed by atoms with van der Waals surface area (Å²) in [6.45, 7) is 4.37. The quantitative estimate of drug-likeness (QED) is 0.715. The smallest absolute Gasteiger partial charge is 0.122 e. The van der Waals surface area contributed by atoms with Crippen LogP contribution >= 0.6 is 0 Å². The van der Waals surface area contributed by atoms with Gasteiger partial charge in [-0.2, -0.15) is 0 Å². The molecule has 0 spiro atoms. The predicted molar refractivity (Wildman–Crippen MR) is 69.1 cm³/mol. The molecule has 5 N–H and O–H groups in total. The van der Waals surface area contributed by atoms with E-state index >= 15 is 0 Å². The van der Waals surface area contributed by atoms with Crippen molar-refractivity contribution in [1.82, 2.24) is 0 Å². The summed E-state index contributed by atoms with van der Waals surface area (Å²) in [5, 5.41) is 10.2. The summed E-state index contributed by atoms with van der Waals surface area (Å²) in [7, 11) is 1.64. The van der Waals surface area contributed by atoms with Gasteiger partial charge >= 0.3 is 0 Å². The van der Waals surface area contributed by atoms with Gasteiger partial charge in [0.2, 0.25) is 0 Å². The van der Waals surface area contributed by atoms with Gasteiger partial charge in [0.25, 0.3) is 0 Å². The molecule has 1 rings (SSSR count). The normalized spacial score (nSPS) is 14.5. The lowest BCUT2D eigenvalue weighted by Gasteiger charge is -2.21. The molecule has 4 heteroatoms. The second kappa shape index (κ2) is 6.00. The molecule has 0 radical (unpaired) electrons. The zero-order valence-corrected chi connectivity index (χ0v) is 10.7. The first-order chi connectivity index (χ1) is 8.01. The molecule has 1 aromatic rings. The summed E-state index contributed by atoms with van der Waals surface area (Å²) in [6, 6.07) is 3.52. The largest absolute Gasteiger partial charge is 0.496 e. The maximum absolute atomic E-state index is 10.2. The number of ether oxygens (including phenoxy) is 1. The molecule has 2 atom stereocenters. The minimum absolute atomic E-state index is 0.327. The molecule has 0 amide bonds. The zero-order valence-electron chi connectivity index (χ0n) is 10.7. The Hall–Kier alpha value is -1.10. The summed E-state index contributed by atoms with van der Waals surface area (Å²) in [5.41, 5.74) is 14.2. The first kappa shape index (κ1) is 14.0. The summed E-state index contributed by atoms with van der Waals surface area (Å²) in [4.78, 5) is 0. The van der Waals surface area contributed by atoms with Crippen LogP contribution in [-0.2, 0) is 0 Å². The third-order valence-corrected chi connectivity index (χ3v) is 3.01. The van der Waals surface area contributed by atoms with E-state index in [2.05, 4.69) is 0 Å². The molecular formula is C13H22N2O2. The van der Waals surface area contributed by atoms with Crippen molar-refractivity contribution in [3.05, 3.63) is 28.8 Å². The average molecular weight is 238 g/mol. The van der Waals surface area contributed by atoms with Gasteiger partial charge in [0.05, 0.1) is 13.2 Å². The molecule has 2 unspecified atom stereocenters. The van der Waals surface area contributed by atoms with Crippen LogP contribution in [0.3, 0.4) is 0 Å². The van der Waals surface area contributed by atoms with Crippen LogP contribution in [0.25, 0.3) is 0 Å². The number of nitrogens with two attached hydrogens (primary N) is 2. The maximum Gasteiger partial charge on any atom is 0.122 e. The molecular weight excluding hydrogens is 216 g/mol. The van der Waals surface area contributed by atoms with E-state index in [1.54, 1.807) is 7.11 Å². The zero-order chi connectivity index (χ0) is 13.0. The highest BCUT2D eigenvalue weighted by atomic mass is 16.5. The number of hydrogen-bond acceptors (Lipinski definition) is 4. The highest BCUT2D eigenvalue weighted by Crippen LogP contribution is 2.28. The molecule has 0 saturated carbocycles.